The lowest BCUT2D eigenvalue weighted by Gasteiger charge is -2.35. The summed E-state index contributed by atoms with van der Waals surface area (Å²) in [6, 6.07) is 0. The number of piperidine rings is 1. The van der Waals surface area contributed by atoms with E-state index in [2.05, 4.69) is 19.2 Å². The molecule has 0 aromatic carbocycles. The summed E-state index contributed by atoms with van der Waals surface area (Å²) in [4.78, 5) is 11.3. The highest BCUT2D eigenvalue weighted by Gasteiger charge is 2.40. The van der Waals surface area contributed by atoms with E-state index in [0.29, 0.717) is 5.92 Å². The summed E-state index contributed by atoms with van der Waals surface area (Å²) in [7, 11) is 0. The molecule has 0 radical (unpaired) electrons. The van der Waals surface area contributed by atoms with Crippen molar-refractivity contribution in [2.45, 2.75) is 39.5 Å². The average molecular weight is 199 g/mol. The molecule has 1 atom stereocenters. The normalized spacial score (nSPS) is 23.0. The van der Waals surface area contributed by atoms with Gasteiger partial charge in [-0.15, -0.1) is 0 Å². The number of hydrogen-bond acceptors (Lipinski definition) is 2. The third kappa shape index (κ3) is 2.47. The van der Waals surface area contributed by atoms with Gasteiger partial charge in [-0.3, -0.25) is 4.79 Å². The molecule has 0 spiro atoms. The van der Waals surface area contributed by atoms with Crippen LogP contribution in [0.15, 0.2) is 0 Å². The molecule has 3 nitrogen and oxygen atoms in total. The van der Waals surface area contributed by atoms with Crippen molar-refractivity contribution >= 4 is 5.97 Å². The van der Waals surface area contributed by atoms with Gasteiger partial charge in [-0.05, 0) is 38.3 Å². The summed E-state index contributed by atoms with van der Waals surface area (Å²) >= 11 is 0. The maximum Gasteiger partial charge on any atom is 0.309 e. The van der Waals surface area contributed by atoms with Gasteiger partial charge in [0.15, 0.2) is 0 Å². The second-order valence-electron chi connectivity index (χ2n) is 4.55. The summed E-state index contributed by atoms with van der Waals surface area (Å²) in [6.45, 7) is 5.97. The van der Waals surface area contributed by atoms with Crippen LogP contribution in [0.25, 0.3) is 0 Å². The maximum absolute atomic E-state index is 11.3. The van der Waals surface area contributed by atoms with Crippen molar-refractivity contribution in [2.24, 2.45) is 11.3 Å². The summed E-state index contributed by atoms with van der Waals surface area (Å²) in [5, 5.41) is 12.5. The zero-order valence-electron chi connectivity index (χ0n) is 9.18. The van der Waals surface area contributed by atoms with E-state index in [1.165, 1.54) is 0 Å². The second kappa shape index (κ2) is 4.78. The number of aliphatic carboxylic acids is 1. The summed E-state index contributed by atoms with van der Waals surface area (Å²) in [5.74, 6) is -0.0801. The minimum absolute atomic E-state index is 0.444. The molecule has 3 heteroatoms. The molecule has 1 saturated heterocycles. The van der Waals surface area contributed by atoms with Crippen LogP contribution >= 0.6 is 0 Å². The summed E-state index contributed by atoms with van der Waals surface area (Å²) < 4.78 is 0. The third-order valence-corrected chi connectivity index (χ3v) is 3.45. The fourth-order valence-corrected chi connectivity index (χ4v) is 2.22. The first-order valence-electron chi connectivity index (χ1n) is 5.55. The lowest BCUT2D eigenvalue weighted by molar-refractivity contribution is -0.152. The lowest BCUT2D eigenvalue weighted by Crippen LogP contribution is -2.43. The molecule has 0 aromatic rings. The van der Waals surface area contributed by atoms with Crippen molar-refractivity contribution in [3.05, 3.63) is 0 Å². The topological polar surface area (TPSA) is 49.3 Å². The Hall–Kier alpha value is -0.570. The van der Waals surface area contributed by atoms with Gasteiger partial charge in [-0.1, -0.05) is 20.3 Å². The minimum atomic E-state index is -0.598. The van der Waals surface area contributed by atoms with Gasteiger partial charge in [-0.2, -0.15) is 0 Å². The third-order valence-electron chi connectivity index (χ3n) is 3.45. The van der Waals surface area contributed by atoms with Crippen LogP contribution in [0.2, 0.25) is 0 Å². The number of rotatable bonds is 4. The van der Waals surface area contributed by atoms with Gasteiger partial charge in [0.05, 0.1) is 5.41 Å². The van der Waals surface area contributed by atoms with Crippen molar-refractivity contribution in [2.75, 3.05) is 13.1 Å². The van der Waals surface area contributed by atoms with E-state index < -0.39 is 11.4 Å². The van der Waals surface area contributed by atoms with Crippen LogP contribution in [0.5, 0.6) is 0 Å². The van der Waals surface area contributed by atoms with Crippen molar-refractivity contribution in [3.63, 3.8) is 0 Å². The van der Waals surface area contributed by atoms with Crippen LogP contribution in [0.1, 0.15) is 39.5 Å². The molecule has 1 aliphatic rings. The Balaban J connectivity index is 2.65. The fourth-order valence-electron chi connectivity index (χ4n) is 2.22. The predicted molar refractivity (Wildman–Crippen MR) is 56.2 cm³/mol. The maximum atomic E-state index is 11.3. The predicted octanol–water partition coefficient (Wildman–Crippen LogP) is 1.88. The molecule has 2 N–H and O–H groups in total. The summed E-state index contributed by atoms with van der Waals surface area (Å²) in [6.07, 6.45) is 3.47. The smallest absolute Gasteiger partial charge is 0.309 e. The number of carbonyl (C=O) groups is 1. The van der Waals surface area contributed by atoms with E-state index in [1.807, 2.05) is 0 Å². The van der Waals surface area contributed by atoms with E-state index in [-0.39, 0.29) is 0 Å². The Morgan fingerprint density at radius 3 is 2.50 bits per heavy atom. The monoisotopic (exact) mass is 199 g/mol. The van der Waals surface area contributed by atoms with E-state index in [1.54, 1.807) is 0 Å². The van der Waals surface area contributed by atoms with Gasteiger partial charge >= 0.3 is 5.97 Å². The van der Waals surface area contributed by atoms with Gasteiger partial charge < -0.3 is 10.4 Å². The highest BCUT2D eigenvalue weighted by atomic mass is 16.4. The Morgan fingerprint density at radius 2 is 2.07 bits per heavy atom. The zero-order valence-corrected chi connectivity index (χ0v) is 9.18. The molecule has 0 saturated carbocycles. The first kappa shape index (κ1) is 11.5. The summed E-state index contributed by atoms with van der Waals surface area (Å²) in [5.41, 5.74) is -0.444. The van der Waals surface area contributed by atoms with Crippen LogP contribution in [-0.2, 0) is 4.79 Å². The molecule has 82 valence electrons. The fraction of sp³-hybridized carbons (Fsp3) is 0.909. The second-order valence-corrected chi connectivity index (χ2v) is 4.55. The highest BCUT2D eigenvalue weighted by molar-refractivity contribution is 5.74. The van der Waals surface area contributed by atoms with Crippen LogP contribution in [0.4, 0.5) is 0 Å². The van der Waals surface area contributed by atoms with Crippen molar-refractivity contribution < 1.29 is 9.90 Å². The molecule has 1 heterocycles. The van der Waals surface area contributed by atoms with Crippen molar-refractivity contribution in [1.29, 1.82) is 0 Å². The quantitative estimate of drug-likeness (QED) is 0.726. The van der Waals surface area contributed by atoms with Crippen molar-refractivity contribution in [1.82, 2.24) is 5.32 Å². The van der Waals surface area contributed by atoms with E-state index in [4.69, 9.17) is 0 Å². The molecule has 1 unspecified atom stereocenters. The van der Waals surface area contributed by atoms with Gasteiger partial charge in [-0.25, -0.2) is 0 Å². The molecule has 1 rings (SSSR count). The zero-order chi connectivity index (χ0) is 10.6. The Bertz CT molecular complexity index is 197. The molecular weight excluding hydrogens is 178 g/mol. The number of carboxylic acid groups (broad SMARTS) is 1. The Kier molecular flexibility index (Phi) is 3.93. The Labute approximate surface area is 85.9 Å². The molecule has 14 heavy (non-hydrogen) atoms. The number of carboxylic acids is 1. The molecule has 1 fully saturated rings. The highest BCUT2D eigenvalue weighted by Crippen LogP contribution is 2.36. The molecular formula is C11H21NO2. The van der Waals surface area contributed by atoms with E-state index in [0.717, 1.165) is 38.8 Å². The van der Waals surface area contributed by atoms with Gasteiger partial charge in [0.25, 0.3) is 0 Å². The molecule has 0 aromatic heterocycles. The average Bonchev–Trinajstić information content (AvgIpc) is 2.19. The largest absolute Gasteiger partial charge is 0.481 e. The van der Waals surface area contributed by atoms with Gasteiger partial charge in [0, 0.05) is 0 Å². The van der Waals surface area contributed by atoms with Crippen LogP contribution in [0.3, 0.4) is 0 Å². The Morgan fingerprint density at radius 1 is 1.50 bits per heavy atom. The van der Waals surface area contributed by atoms with Crippen LogP contribution in [0, 0.1) is 11.3 Å². The first-order chi connectivity index (χ1) is 6.60. The molecule has 0 aliphatic carbocycles. The van der Waals surface area contributed by atoms with Gasteiger partial charge in [0.1, 0.15) is 0 Å². The number of nitrogens with one attached hydrogen (secondary N) is 1. The molecule has 1 aliphatic heterocycles. The van der Waals surface area contributed by atoms with Crippen molar-refractivity contribution in [3.8, 4) is 0 Å². The SMILES string of the molecule is CCC(C)CC1(C(=O)O)CCNCC1. The standard InChI is InChI=1S/C11H21NO2/c1-3-9(2)8-11(10(13)14)4-6-12-7-5-11/h9,12H,3-8H2,1-2H3,(H,13,14). The van der Waals surface area contributed by atoms with Crippen LogP contribution < -0.4 is 5.32 Å². The van der Waals surface area contributed by atoms with Crippen LogP contribution in [-0.4, -0.2) is 24.2 Å². The van der Waals surface area contributed by atoms with E-state index in [9.17, 15) is 9.90 Å². The molecule has 0 bridgehead atoms. The first-order valence-corrected chi connectivity index (χ1v) is 5.55. The van der Waals surface area contributed by atoms with Gasteiger partial charge in [0.2, 0.25) is 0 Å². The van der Waals surface area contributed by atoms with E-state index >= 15 is 0 Å². The lowest BCUT2D eigenvalue weighted by atomic mass is 9.72. The minimum Gasteiger partial charge on any atom is -0.481 e. The molecule has 0 amide bonds. The number of hydrogen-bond donors (Lipinski definition) is 2.